The van der Waals surface area contributed by atoms with Crippen LogP contribution < -0.4 is 0 Å². The van der Waals surface area contributed by atoms with E-state index in [2.05, 4.69) is 5.73 Å². The van der Waals surface area contributed by atoms with Gasteiger partial charge in [-0.3, -0.25) is 4.79 Å². The maximum atomic E-state index is 11.8. The lowest BCUT2D eigenvalue weighted by Crippen LogP contribution is -1.99. The van der Waals surface area contributed by atoms with Crippen LogP contribution in [0.25, 0.3) is 0 Å². The molecule has 1 aliphatic carbocycles. The molecule has 0 N–H and O–H groups in total. The summed E-state index contributed by atoms with van der Waals surface area (Å²) in [6.45, 7) is 2.00. The van der Waals surface area contributed by atoms with Crippen LogP contribution in [-0.2, 0) is 0 Å². The number of carbonyl (C=O) groups is 1. The molecule has 0 saturated carbocycles. The van der Waals surface area contributed by atoms with Gasteiger partial charge >= 0.3 is 0 Å². The van der Waals surface area contributed by atoms with Crippen molar-refractivity contribution in [2.75, 3.05) is 0 Å². The molecule has 0 bridgehead atoms. The number of hydrogen-bond acceptors (Lipinski definition) is 1. The fraction of sp³-hybridized carbons (Fsp3) is 0.0769. The van der Waals surface area contributed by atoms with Gasteiger partial charge in [-0.15, -0.1) is 5.73 Å². The van der Waals surface area contributed by atoms with Crippen LogP contribution in [0, 0.1) is 6.92 Å². The van der Waals surface area contributed by atoms with Crippen LogP contribution in [0.4, 0.5) is 0 Å². The molecule has 14 heavy (non-hydrogen) atoms. The molecule has 1 aromatic rings. The Hall–Kier alpha value is -1.85. The molecular weight excluding hydrogens is 172 g/mol. The van der Waals surface area contributed by atoms with Crippen molar-refractivity contribution in [3.63, 3.8) is 0 Å². The average Bonchev–Trinajstić information content (AvgIpc) is 2.71. The van der Waals surface area contributed by atoms with E-state index in [4.69, 9.17) is 0 Å². The fourth-order valence-electron chi connectivity index (χ4n) is 1.33. The highest BCUT2D eigenvalue weighted by Crippen LogP contribution is 2.12. The first-order chi connectivity index (χ1) is 6.77. The summed E-state index contributed by atoms with van der Waals surface area (Å²) in [5.74, 6) is 0.0370. The summed E-state index contributed by atoms with van der Waals surface area (Å²) in [6, 6.07) is 7.57. The van der Waals surface area contributed by atoms with Crippen LogP contribution in [0.1, 0.15) is 15.9 Å². The Balaban J connectivity index is 2.32. The summed E-state index contributed by atoms with van der Waals surface area (Å²) >= 11 is 0. The van der Waals surface area contributed by atoms with Crippen LogP contribution in [0.2, 0.25) is 0 Å². The van der Waals surface area contributed by atoms with Crippen molar-refractivity contribution in [3.05, 3.63) is 64.9 Å². The number of aryl methyl sites for hydroxylation is 1. The molecule has 0 fully saturated rings. The van der Waals surface area contributed by atoms with Crippen LogP contribution >= 0.6 is 0 Å². The lowest BCUT2D eigenvalue weighted by atomic mass is 10.0. The molecule has 0 heterocycles. The topological polar surface area (TPSA) is 17.1 Å². The van der Waals surface area contributed by atoms with Gasteiger partial charge in [-0.05, 0) is 19.1 Å². The first-order valence-corrected chi connectivity index (χ1v) is 4.52. The van der Waals surface area contributed by atoms with Crippen molar-refractivity contribution in [3.8, 4) is 0 Å². The number of ketones is 1. The molecule has 0 saturated heterocycles. The van der Waals surface area contributed by atoms with E-state index in [1.807, 2.05) is 37.3 Å². The highest BCUT2D eigenvalue weighted by molar-refractivity contribution is 6.10. The third kappa shape index (κ3) is 1.59. The first-order valence-electron chi connectivity index (χ1n) is 4.52. The van der Waals surface area contributed by atoms with E-state index in [9.17, 15) is 4.79 Å². The van der Waals surface area contributed by atoms with Crippen LogP contribution in [0.15, 0.2) is 53.8 Å². The monoisotopic (exact) mass is 182 g/mol. The van der Waals surface area contributed by atoms with Gasteiger partial charge in [-0.1, -0.05) is 35.9 Å². The largest absolute Gasteiger partial charge is 0.288 e. The molecule has 0 aromatic heterocycles. The number of hydrogen-bond donors (Lipinski definition) is 0. The zero-order valence-electron chi connectivity index (χ0n) is 7.95. The third-order valence-electron chi connectivity index (χ3n) is 2.16. The minimum absolute atomic E-state index is 0.0370. The zero-order chi connectivity index (χ0) is 9.97. The Labute approximate surface area is 83.1 Å². The van der Waals surface area contributed by atoms with Crippen molar-refractivity contribution < 1.29 is 4.79 Å². The minimum Gasteiger partial charge on any atom is -0.288 e. The minimum atomic E-state index is 0.0370. The summed E-state index contributed by atoms with van der Waals surface area (Å²) in [6.07, 6.45) is 5.35. The molecule has 68 valence electrons. The summed E-state index contributed by atoms with van der Waals surface area (Å²) in [7, 11) is 0. The van der Waals surface area contributed by atoms with Gasteiger partial charge in [0.1, 0.15) is 0 Å². The summed E-state index contributed by atoms with van der Waals surface area (Å²) in [4.78, 5) is 11.8. The van der Waals surface area contributed by atoms with Gasteiger partial charge in [0.2, 0.25) is 5.78 Å². The second-order valence-corrected chi connectivity index (χ2v) is 3.28. The van der Waals surface area contributed by atoms with Crippen LogP contribution in [-0.4, -0.2) is 5.78 Å². The number of rotatable bonds is 2. The Kier molecular flexibility index (Phi) is 2.18. The van der Waals surface area contributed by atoms with E-state index in [1.54, 1.807) is 12.2 Å². The standard InChI is InChI=1S/C13H10O/c1-10-6-8-12(9-7-10)13(14)11-4-2-3-5-11/h2-4,6-9H,1H3. The molecular formula is C13H10O. The van der Waals surface area contributed by atoms with Crippen molar-refractivity contribution in [2.45, 2.75) is 6.92 Å². The van der Waals surface area contributed by atoms with E-state index in [1.165, 1.54) is 0 Å². The Bertz CT molecular complexity index is 455. The molecule has 0 amide bonds. The SMILES string of the molecule is Cc1ccc(C(=O)C2=C=CC=C2)cc1. The van der Waals surface area contributed by atoms with Crippen LogP contribution in [0.5, 0.6) is 0 Å². The van der Waals surface area contributed by atoms with E-state index >= 15 is 0 Å². The van der Waals surface area contributed by atoms with E-state index in [0.29, 0.717) is 5.57 Å². The number of allylic oxidation sites excluding steroid dienone is 3. The van der Waals surface area contributed by atoms with Crippen molar-refractivity contribution in [1.82, 2.24) is 0 Å². The molecule has 0 aliphatic heterocycles. The van der Waals surface area contributed by atoms with E-state index in [-0.39, 0.29) is 5.78 Å². The maximum absolute atomic E-state index is 11.8. The number of carbonyl (C=O) groups excluding carboxylic acids is 1. The Morgan fingerprint density at radius 1 is 1.21 bits per heavy atom. The molecule has 1 aromatic carbocycles. The molecule has 1 aliphatic rings. The average molecular weight is 182 g/mol. The smallest absolute Gasteiger partial charge is 0.200 e. The predicted molar refractivity (Wildman–Crippen MR) is 56.2 cm³/mol. The first kappa shape index (κ1) is 8.74. The second kappa shape index (κ2) is 3.49. The zero-order valence-corrected chi connectivity index (χ0v) is 7.95. The predicted octanol–water partition coefficient (Wildman–Crippen LogP) is 2.83. The lowest BCUT2D eigenvalue weighted by Gasteiger charge is -1.98. The van der Waals surface area contributed by atoms with Gasteiger partial charge in [-0.25, -0.2) is 0 Å². The highest BCUT2D eigenvalue weighted by Gasteiger charge is 2.09. The Morgan fingerprint density at radius 2 is 1.93 bits per heavy atom. The summed E-state index contributed by atoms with van der Waals surface area (Å²) in [5.41, 5.74) is 5.41. The molecule has 1 heteroatoms. The quantitative estimate of drug-likeness (QED) is 0.507. The second-order valence-electron chi connectivity index (χ2n) is 3.28. The highest BCUT2D eigenvalue weighted by atomic mass is 16.1. The number of Topliss-reactive ketones (excluding diaryl/α,β-unsaturated/α-hetero) is 1. The van der Waals surface area contributed by atoms with Crippen molar-refractivity contribution in [2.24, 2.45) is 0 Å². The molecule has 0 spiro atoms. The molecule has 0 atom stereocenters. The Morgan fingerprint density at radius 3 is 2.50 bits per heavy atom. The van der Waals surface area contributed by atoms with E-state index in [0.717, 1.165) is 11.1 Å². The maximum Gasteiger partial charge on any atom is 0.200 e. The number of benzene rings is 1. The normalized spacial score (nSPS) is 13.1. The van der Waals surface area contributed by atoms with Gasteiger partial charge in [0, 0.05) is 5.56 Å². The lowest BCUT2D eigenvalue weighted by molar-refractivity contribution is 0.103. The van der Waals surface area contributed by atoms with Crippen LogP contribution in [0.3, 0.4) is 0 Å². The van der Waals surface area contributed by atoms with Gasteiger partial charge in [0.25, 0.3) is 0 Å². The molecule has 2 rings (SSSR count). The fourth-order valence-corrected chi connectivity index (χ4v) is 1.33. The van der Waals surface area contributed by atoms with Crippen molar-refractivity contribution in [1.29, 1.82) is 0 Å². The van der Waals surface area contributed by atoms with Crippen molar-refractivity contribution >= 4 is 5.78 Å². The summed E-state index contributed by atoms with van der Waals surface area (Å²) < 4.78 is 0. The molecule has 0 unspecified atom stereocenters. The van der Waals surface area contributed by atoms with Gasteiger partial charge < -0.3 is 0 Å². The third-order valence-corrected chi connectivity index (χ3v) is 2.16. The molecule has 1 nitrogen and oxygen atoms in total. The van der Waals surface area contributed by atoms with Gasteiger partial charge in [-0.2, -0.15) is 0 Å². The van der Waals surface area contributed by atoms with E-state index < -0.39 is 0 Å². The van der Waals surface area contributed by atoms with Gasteiger partial charge in [0.15, 0.2) is 0 Å². The van der Waals surface area contributed by atoms with Gasteiger partial charge in [0.05, 0.1) is 5.57 Å². The molecule has 0 radical (unpaired) electrons. The summed E-state index contributed by atoms with van der Waals surface area (Å²) in [5, 5.41) is 0.